The first kappa shape index (κ1) is 8.21. The van der Waals surface area contributed by atoms with Gasteiger partial charge in [0.05, 0.1) is 6.20 Å². The molecule has 0 saturated carbocycles. The van der Waals surface area contributed by atoms with Crippen molar-refractivity contribution in [3.63, 3.8) is 0 Å². The highest BCUT2D eigenvalue weighted by molar-refractivity contribution is 5.71. The van der Waals surface area contributed by atoms with E-state index in [-0.39, 0.29) is 5.48 Å². The summed E-state index contributed by atoms with van der Waals surface area (Å²) in [5.41, 5.74) is -0.622. The van der Waals surface area contributed by atoms with E-state index in [0.29, 0.717) is 11.0 Å². The van der Waals surface area contributed by atoms with Crippen LogP contribution in [0.5, 0.6) is 0 Å². The van der Waals surface area contributed by atoms with Crippen LogP contribution in [0.1, 0.15) is 0 Å². The molecule has 0 atom stereocenters. The van der Waals surface area contributed by atoms with Crippen LogP contribution in [0.2, 0.25) is 0 Å². The van der Waals surface area contributed by atoms with Gasteiger partial charge < -0.3 is 5.48 Å². The number of aromatic nitrogens is 4. The molecule has 2 aromatic heterocycles. The molecule has 2 heterocycles. The minimum atomic E-state index is -0.535. The lowest BCUT2D eigenvalue weighted by atomic mass is 10.4. The maximum atomic E-state index is 10.9. The van der Waals surface area contributed by atoms with E-state index in [4.69, 9.17) is 0 Å². The van der Waals surface area contributed by atoms with Gasteiger partial charge in [-0.1, -0.05) is 0 Å². The van der Waals surface area contributed by atoms with Gasteiger partial charge in [0.1, 0.15) is 11.0 Å². The maximum Gasteiger partial charge on any atom is 0.327 e. The van der Waals surface area contributed by atoms with Crippen LogP contribution in [0, 0.1) is 0 Å². The third-order valence-corrected chi connectivity index (χ3v) is 1.35. The Morgan fingerprint density at radius 1 is 1.25 bits per heavy atom. The smallest absolute Gasteiger partial charge is 0.327 e. The lowest BCUT2D eigenvalue weighted by Gasteiger charge is -1.83. The van der Waals surface area contributed by atoms with E-state index in [1.165, 1.54) is 6.20 Å². The van der Waals surface area contributed by atoms with Crippen LogP contribution in [0.25, 0.3) is 11.0 Å². The second-order valence-corrected chi connectivity index (χ2v) is 2.07. The molecule has 0 aliphatic heterocycles. The largest absolute Gasteiger partial charge is 0.412 e. The fraction of sp³-hybridized carbons (Fsp3) is 0. The van der Waals surface area contributed by atoms with Gasteiger partial charge in [0.2, 0.25) is 0 Å². The lowest BCUT2D eigenvalue weighted by Crippen LogP contribution is -2.21. The molecule has 7 heteroatoms. The average molecular weight is 170 g/mol. The van der Waals surface area contributed by atoms with Crippen molar-refractivity contribution in [3.05, 3.63) is 27.0 Å². The Morgan fingerprint density at radius 2 is 2.00 bits per heavy atom. The van der Waals surface area contributed by atoms with Crippen LogP contribution in [-0.4, -0.2) is 25.6 Å². The van der Waals surface area contributed by atoms with Gasteiger partial charge in [-0.05, 0) is 0 Å². The van der Waals surface area contributed by atoms with Gasteiger partial charge in [0, 0.05) is 0 Å². The van der Waals surface area contributed by atoms with Crippen LogP contribution in [0.3, 0.4) is 0 Å². The van der Waals surface area contributed by atoms with E-state index >= 15 is 0 Å². The second kappa shape index (κ2) is 2.62. The lowest BCUT2D eigenvalue weighted by molar-refractivity contribution is 0.824. The van der Waals surface area contributed by atoms with Gasteiger partial charge in [-0.15, -0.1) is 0 Å². The summed E-state index contributed by atoms with van der Waals surface area (Å²) in [5, 5.41) is 6.42. The Hall–Kier alpha value is -1.89. The molecule has 0 aliphatic carbocycles. The average Bonchev–Trinajstić information content (AvgIpc) is 2.34. The van der Waals surface area contributed by atoms with Crippen molar-refractivity contribution in [1.82, 2.24) is 20.2 Å². The van der Waals surface area contributed by atoms with Crippen molar-refractivity contribution in [2.24, 2.45) is 0 Å². The number of rotatable bonds is 0. The summed E-state index contributed by atoms with van der Waals surface area (Å²) in [6.07, 6.45) is 1.35. The molecule has 0 bridgehead atoms. The van der Waals surface area contributed by atoms with Crippen molar-refractivity contribution >= 4 is 11.0 Å². The van der Waals surface area contributed by atoms with Crippen molar-refractivity contribution in [2.45, 2.75) is 0 Å². The molecule has 0 aromatic carbocycles. The van der Waals surface area contributed by atoms with E-state index in [2.05, 4.69) is 20.2 Å². The molecule has 0 fully saturated rings. The molecule has 0 radical (unpaired) electrons. The Kier molecular flexibility index (Phi) is 1.80. The molecular formula is C5H6N4O3. The Morgan fingerprint density at radius 3 is 2.75 bits per heavy atom. The summed E-state index contributed by atoms with van der Waals surface area (Å²) in [6.45, 7) is 0. The van der Waals surface area contributed by atoms with Crippen molar-refractivity contribution < 1.29 is 5.48 Å². The van der Waals surface area contributed by atoms with Gasteiger partial charge >= 0.3 is 5.69 Å². The topological polar surface area (TPSA) is 126 Å². The predicted octanol–water partition coefficient (Wildman–Crippen LogP) is -1.89. The molecule has 2 rings (SSSR count). The molecular weight excluding hydrogens is 164 g/mol. The standard InChI is InChI=1S/C5H4N4O2.H2O/c10-4-2-1-6-9-3(2)7-5(11)8-4;/h1H,(H3,6,7,8,9,10,11);1H2. The minimum Gasteiger partial charge on any atom is -0.412 e. The first-order valence-electron chi connectivity index (χ1n) is 2.93. The van der Waals surface area contributed by atoms with E-state index in [1.54, 1.807) is 0 Å². The highest BCUT2D eigenvalue weighted by Crippen LogP contribution is 1.94. The quantitative estimate of drug-likeness (QED) is 0.428. The monoisotopic (exact) mass is 170 g/mol. The number of nitrogens with zero attached hydrogens (tertiary/aromatic N) is 1. The molecule has 0 spiro atoms. The number of aromatic amines is 3. The third-order valence-electron chi connectivity index (χ3n) is 1.35. The fourth-order valence-corrected chi connectivity index (χ4v) is 0.869. The molecule has 5 N–H and O–H groups in total. The van der Waals surface area contributed by atoms with Crippen LogP contribution in [0.15, 0.2) is 15.8 Å². The summed E-state index contributed by atoms with van der Waals surface area (Å²) < 4.78 is 0. The number of hydrogen-bond donors (Lipinski definition) is 3. The maximum absolute atomic E-state index is 10.9. The number of nitrogens with one attached hydrogen (secondary N) is 3. The predicted molar refractivity (Wildman–Crippen MR) is 40.9 cm³/mol. The third kappa shape index (κ3) is 1.01. The van der Waals surface area contributed by atoms with Crippen LogP contribution < -0.4 is 11.2 Å². The molecule has 0 saturated heterocycles. The van der Waals surface area contributed by atoms with Crippen molar-refractivity contribution in [3.8, 4) is 0 Å². The van der Waals surface area contributed by atoms with E-state index in [9.17, 15) is 9.59 Å². The second-order valence-electron chi connectivity index (χ2n) is 2.07. The van der Waals surface area contributed by atoms with Crippen molar-refractivity contribution in [1.29, 1.82) is 0 Å². The number of H-pyrrole nitrogens is 3. The summed E-state index contributed by atoms with van der Waals surface area (Å²) in [6, 6.07) is 0. The van der Waals surface area contributed by atoms with Crippen molar-refractivity contribution in [2.75, 3.05) is 0 Å². The molecule has 0 unspecified atom stereocenters. The Bertz CT molecular complexity index is 493. The van der Waals surface area contributed by atoms with Crippen LogP contribution in [-0.2, 0) is 0 Å². The molecule has 64 valence electrons. The SMILES string of the molecule is O.O=c1[nH]c(=O)c2cn[nH]c2[nH]1. The van der Waals surface area contributed by atoms with E-state index in [0.717, 1.165) is 0 Å². The van der Waals surface area contributed by atoms with Gasteiger partial charge in [-0.3, -0.25) is 19.9 Å². The first-order chi connectivity index (χ1) is 5.27. The van der Waals surface area contributed by atoms with Gasteiger partial charge in [0.15, 0.2) is 0 Å². The Balaban J connectivity index is 0.000000720. The molecule has 2 aromatic rings. The number of hydrogen-bond acceptors (Lipinski definition) is 3. The summed E-state index contributed by atoms with van der Waals surface area (Å²) in [4.78, 5) is 26.0. The zero-order valence-electron chi connectivity index (χ0n) is 5.84. The van der Waals surface area contributed by atoms with Gasteiger partial charge in [0.25, 0.3) is 5.56 Å². The Labute approximate surface area is 64.8 Å². The van der Waals surface area contributed by atoms with Gasteiger partial charge in [-0.2, -0.15) is 5.10 Å². The zero-order valence-corrected chi connectivity index (χ0v) is 5.84. The molecule has 0 aliphatic rings. The normalized spacial score (nSPS) is 9.67. The van der Waals surface area contributed by atoms with E-state index < -0.39 is 11.2 Å². The molecule has 12 heavy (non-hydrogen) atoms. The highest BCUT2D eigenvalue weighted by atomic mass is 16.2. The number of fused-ring (bicyclic) bond motifs is 1. The first-order valence-corrected chi connectivity index (χ1v) is 2.93. The fourth-order valence-electron chi connectivity index (χ4n) is 0.869. The molecule has 7 nitrogen and oxygen atoms in total. The van der Waals surface area contributed by atoms with Gasteiger partial charge in [-0.25, -0.2) is 4.79 Å². The highest BCUT2D eigenvalue weighted by Gasteiger charge is 1.99. The van der Waals surface area contributed by atoms with Crippen LogP contribution in [0.4, 0.5) is 0 Å². The summed E-state index contributed by atoms with van der Waals surface area (Å²) in [5.74, 6) is 0. The minimum absolute atomic E-state index is 0. The summed E-state index contributed by atoms with van der Waals surface area (Å²) in [7, 11) is 0. The zero-order chi connectivity index (χ0) is 7.84. The summed E-state index contributed by atoms with van der Waals surface area (Å²) >= 11 is 0. The molecule has 0 amide bonds. The van der Waals surface area contributed by atoms with Crippen LogP contribution >= 0.6 is 0 Å². The van der Waals surface area contributed by atoms with E-state index in [1.807, 2.05) is 0 Å².